The van der Waals surface area contributed by atoms with Crippen molar-refractivity contribution in [1.82, 2.24) is 9.55 Å². The normalized spacial score (nSPS) is 10.0. The number of nitrogens with zero attached hydrogens (tertiary/aromatic N) is 1. The van der Waals surface area contributed by atoms with Gasteiger partial charge in [-0.3, -0.25) is 14.3 Å². The fraction of sp³-hybridized carbons (Fsp3) is 0.200. The van der Waals surface area contributed by atoms with Crippen LogP contribution in [0.4, 0.5) is 4.39 Å². The molecule has 0 radical (unpaired) electrons. The molecule has 0 saturated carbocycles. The zero-order valence-corrected chi connectivity index (χ0v) is 11.3. The molecular weight excluding hydrogens is 275 g/mol. The van der Waals surface area contributed by atoms with Gasteiger partial charge < -0.3 is 5.11 Å². The molecule has 0 atom stereocenters. The van der Waals surface area contributed by atoms with E-state index in [1.807, 2.05) is 0 Å². The van der Waals surface area contributed by atoms with E-state index in [4.69, 9.17) is 5.11 Å². The lowest BCUT2D eigenvalue weighted by atomic mass is 10.1. The number of aryl methyl sites for hydroxylation is 1. The van der Waals surface area contributed by atoms with E-state index in [0.717, 1.165) is 0 Å². The summed E-state index contributed by atoms with van der Waals surface area (Å²) >= 11 is 0. The summed E-state index contributed by atoms with van der Waals surface area (Å²) in [5.41, 5.74) is 0.0781. The summed E-state index contributed by atoms with van der Waals surface area (Å²) in [4.78, 5) is 25.1. The maximum Gasteiger partial charge on any atom is 0.328 e. The van der Waals surface area contributed by atoms with Gasteiger partial charge in [-0.15, -0.1) is 0 Å². The van der Waals surface area contributed by atoms with Crippen molar-refractivity contribution < 1.29 is 9.50 Å². The SMILES string of the molecule is Cc1cn(Cc2ccc(C#CCO)cc2F)c(=O)[nH]c1=O. The predicted octanol–water partition coefficient (Wildman–Crippen LogP) is 0.376. The fourth-order valence-electron chi connectivity index (χ4n) is 1.81. The number of hydrogen-bond donors (Lipinski definition) is 2. The topological polar surface area (TPSA) is 75.1 Å². The summed E-state index contributed by atoms with van der Waals surface area (Å²) < 4.78 is 15.2. The number of aromatic amines is 1. The third-order valence-electron chi connectivity index (χ3n) is 2.89. The highest BCUT2D eigenvalue weighted by Crippen LogP contribution is 2.11. The maximum atomic E-state index is 14.0. The molecular formula is C15H13FN2O3. The molecule has 1 heterocycles. The summed E-state index contributed by atoms with van der Waals surface area (Å²) in [5, 5.41) is 8.59. The molecule has 6 heteroatoms. The second kappa shape index (κ2) is 6.20. The first-order chi connectivity index (χ1) is 10.0. The van der Waals surface area contributed by atoms with Crippen LogP contribution in [-0.2, 0) is 6.54 Å². The number of halogens is 1. The van der Waals surface area contributed by atoms with Crippen LogP contribution >= 0.6 is 0 Å². The Balaban J connectivity index is 2.34. The van der Waals surface area contributed by atoms with Gasteiger partial charge in [0.2, 0.25) is 0 Å². The number of aromatic nitrogens is 2. The molecule has 21 heavy (non-hydrogen) atoms. The number of aliphatic hydroxyl groups excluding tert-OH is 1. The van der Waals surface area contributed by atoms with Crippen molar-refractivity contribution in [3.8, 4) is 11.8 Å². The molecule has 2 aromatic rings. The minimum Gasteiger partial charge on any atom is -0.384 e. The van der Waals surface area contributed by atoms with E-state index in [1.54, 1.807) is 13.0 Å². The monoisotopic (exact) mass is 288 g/mol. The molecule has 0 aliphatic heterocycles. The standard InChI is InChI=1S/C15H13FN2O3/c1-10-8-18(15(21)17-14(10)20)9-12-5-4-11(3-2-6-19)7-13(12)16/h4-5,7-8,19H,6,9H2,1H3,(H,17,20,21). The van der Waals surface area contributed by atoms with E-state index in [-0.39, 0.29) is 13.2 Å². The number of aliphatic hydroxyl groups is 1. The second-order valence-electron chi connectivity index (χ2n) is 4.47. The fourth-order valence-corrected chi connectivity index (χ4v) is 1.81. The Bertz CT molecular complexity index is 840. The summed E-state index contributed by atoms with van der Waals surface area (Å²) in [6.07, 6.45) is 1.39. The summed E-state index contributed by atoms with van der Waals surface area (Å²) in [6, 6.07) is 4.36. The minimum atomic E-state index is -0.589. The summed E-state index contributed by atoms with van der Waals surface area (Å²) in [7, 11) is 0. The van der Waals surface area contributed by atoms with Crippen LogP contribution < -0.4 is 11.2 Å². The smallest absolute Gasteiger partial charge is 0.328 e. The molecule has 0 saturated heterocycles. The second-order valence-corrected chi connectivity index (χ2v) is 4.47. The molecule has 1 aromatic heterocycles. The molecule has 0 amide bonds. The molecule has 0 aliphatic carbocycles. The number of rotatable bonds is 2. The van der Waals surface area contributed by atoms with Crippen LogP contribution in [0.5, 0.6) is 0 Å². The van der Waals surface area contributed by atoms with Gasteiger partial charge in [0.1, 0.15) is 12.4 Å². The van der Waals surface area contributed by atoms with Crippen LogP contribution in [0.15, 0.2) is 34.0 Å². The van der Waals surface area contributed by atoms with Crippen molar-refractivity contribution in [3.63, 3.8) is 0 Å². The highest BCUT2D eigenvalue weighted by atomic mass is 19.1. The number of H-pyrrole nitrogens is 1. The van der Waals surface area contributed by atoms with Crippen molar-refractivity contribution >= 4 is 0 Å². The average Bonchev–Trinajstić information content (AvgIpc) is 2.45. The van der Waals surface area contributed by atoms with Crippen LogP contribution in [-0.4, -0.2) is 21.3 Å². The molecule has 5 nitrogen and oxygen atoms in total. The van der Waals surface area contributed by atoms with E-state index in [1.165, 1.54) is 22.9 Å². The largest absolute Gasteiger partial charge is 0.384 e. The Morgan fingerprint density at radius 3 is 2.81 bits per heavy atom. The predicted molar refractivity (Wildman–Crippen MR) is 75.5 cm³/mol. The van der Waals surface area contributed by atoms with E-state index < -0.39 is 17.1 Å². The third kappa shape index (κ3) is 3.46. The molecule has 0 bridgehead atoms. The molecule has 2 N–H and O–H groups in total. The van der Waals surface area contributed by atoms with E-state index in [0.29, 0.717) is 16.7 Å². The lowest BCUT2D eigenvalue weighted by Crippen LogP contribution is -2.31. The van der Waals surface area contributed by atoms with Gasteiger partial charge in [-0.1, -0.05) is 17.9 Å². The van der Waals surface area contributed by atoms with E-state index >= 15 is 0 Å². The minimum absolute atomic E-state index is 0.00992. The third-order valence-corrected chi connectivity index (χ3v) is 2.89. The Morgan fingerprint density at radius 1 is 1.38 bits per heavy atom. The van der Waals surface area contributed by atoms with Crippen LogP contribution in [0.1, 0.15) is 16.7 Å². The zero-order valence-electron chi connectivity index (χ0n) is 11.3. The molecule has 2 rings (SSSR count). The first-order valence-electron chi connectivity index (χ1n) is 6.20. The van der Waals surface area contributed by atoms with Crippen molar-refractivity contribution in [2.24, 2.45) is 0 Å². The van der Waals surface area contributed by atoms with Gasteiger partial charge in [-0.25, -0.2) is 9.18 Å². The number of hydrogen-bond acceptors (Lipinski definition) is 3. The van der Waals surface area contributed by atoms with Crippen LogP contribution in [0, 0.1) is 24.6 Å². The lowest BCUT2D eigenvalue weighted by molar-refractivity contribution is 0.350. The van der Waals surface area contributed by atoms with Gasteiger partial charge in [0.15, 0.2) is 0 Å². The quantitative estimate of drug-likeness (QED) is 0.784. The van der Waals surface area contributed by atoms with Crippen LogP contribution in [0.2, 0.25) is 0 Å². The Hall–Kier alpha value is -2.65. The molecule has 1 aromatic carbocycles. The van der Waals surface area contributed by atoms with E-state index in [9.17, 15) is 14.0 Å². The van der Waals surface area contributed by atoms with Crippen LogP contribution in [0.25, 0.3) is 0 Å². The number of benzene rings is 1. The van der Waals surface area contributed by atoms with Crippen molar-refractivity contribution in [2.45, 2.75) is 13.5 Å². The maximum absolute atomic E-state index is 14.0. The van der Waals surface area contributed by atoms with E-state index in [2.05, 4.69) is 16.8 Å². The van der Waals surface area contributed by atoms with Gasteiger partial charge in [0.05, 0.1) is 6.54 Å². The molecule has 0 unspecified atom stereocenters. The average molecular weight is 288 g/mol. The van der Waals surface area contributed by atoms with Crippen LogP contribution in [0.3, 0.4) is 0 Å². The van der Waals surface area contributed by atoms with Gasteiger partial charge >= 0.3 is 5.69 Å². The first-order valence-corrected chi connectivity index (χ1v) is 6.20. The van der Waals surface area contributed by atoms with Crippen molar-refractivity contribution in [2.75, 3.05) is 6.61 Å². The van der Waals surface area contributed by atoms with Crippen molar-refractivity contribution in [1.29, 1.82) is 0 Å². The molecule has 0 fully saturated rings. The molecule has 0 spiro atoms. The first kappa shape index (κ1) is 14.8. The highest BCUT2D eigenvalue weighted by molar-refractivity contribution is 5.37. The van der Waals surface area contributed by atoms with Gasteiger partial charge in [0, 0.05) is 22.9 Å². The number of nitrogens with one attached hydrogen (secondary N) is 1. The Morgan fingerprint density at radius 2 is 2.14 bits per heavy atom. The van der Waals surface area contributed by atoms with Gasteiger partial charge in [0.25, 0.3) is 5.56 Å². The van der Waals surface area contributed by atoms with Crippen molar-refractivity contribution in [3.05, 3.63) is 67.7 Å². The summed E-state index contributed by atoms with van der Waals surface area (Å²) in [5.74, 6) is 4.52. The van der Waals surface area contributed by atoms with Gasteiger partial charge in [-0.2, -0.15) is 0 Å². The zero-order chi connectivity index (χ0) is 15.4. The highest BCUT2D eigenvalue weighted by Gasteiger charge is 2.06. The molecule has 108 valence electrons. The lowest BCUT2D eigenvalue weighted by Gasteiger charge is -2.07. The van der Waals surface area contributed by atoms with Gasteiger partial charge in [-0.05, 0) is 19.1 Å². The Kier molecular flexibility index (Phi) is 4.36. The Labute approximate surface area is 119 Å². The molecule has 0 aliphatic rings. The summed E-state index contributed by atoms with van der Waals surface area (Å²) in [6.45, 7) is 1.28.